The van der Waals surface area contributed by atoms with Gasteiger partial charge in [0.25, 0.3) is 5.91 Å². The van der Waals surface area contributed by atoms with Crippen LogP contribution >= 0.6 is 0 Å². The zero-order valence-electron chi connectivity index (χ0n) is 16.0. The summed E-state index contributed by atoms with van der Waals surface area (Å²) in [5.74, 6) is -2.42. The van der Waals surface area contributed by atoms with E-state index in [0.717, 1.165) is 10.8 Å². The Balaban J connectivity index is 1.99. The minimum Gasteiger partial charge on any atom is -0.480 e. The molecule has 2 atom stereocenters. The molecule has 2 rings (SSSR count). The van der Waals surface area contributed by atoms with Crippen LogP contribution in [0.15, 0.2) is 42.5 Å². The van der Waals surface area contributed by atoms with Crippen LogP contribution in [-0.4, -0.2) is 46.7 Å². The smallest absolute Gasteiger partial charge is 0.320 e. The van der Waals surface area contributed by atoms with Crippen molar-refractivity contribution in [3.8, 4) is 0 Å². The highest BCUT2D eigenvalue weighted by Gasteiger charge is 2.26. The van der Waals surface area contributed by atoms with Gasteiger partial charge in [-0.05, 0) is 35.6 Å². The number of hydrogen-bond acceptors (Lipinski definition) is 4. The molecule has 0 saturated heterocycles. The number of fused-ring (bicyclic) bond motifs is 1. The molecule has 0 saturated carbocycles. The van der Waals surface area contributed by atoms with Crippen molar-refractivity contribution in [2.75, 3.05) is 6.54 Å². The van der Waals surface area contributed by atoms with Gasteiger partial charge in [-0.3, -0.25) is 19.7 Å². The fourth-order valence-electron chi connectivity index (χ4n) is 3.08. The van der Waals surface area contributed by atoms with E-state index in [0.29, 0.717) is 12.0 Å². The molecule has 0 heterocycles. The second-order valence-corrected chi connectivity index (χ2v) is 7.15. The number of carboxylic acid groups (broad SMARTS) is 2. The van der Waals surface area contributed by atoms with Crippen LogP contribution in [0.3, 0.4) is 0 Å². The van der Waals surface area contributed by atoms with E-state index in [4.69, 9.17) is 0 Å². The molecule has 7 heteroatoms. The van der Waals surface area contributed by atoms with Crippen molar-refractivity contribution in [1.29, 1.82) is 0 Å². The molecule has 0 aliphatic heterocycles. The van der Waals surface area contributed by atoms with Crippen molar-refractivity contribution in [2.45, 2.75) is 38.8 Å². The first kappa shape index (κ1) is 21.4. The summed E-state index contributed by atoms with van der Waals surface area (Å²) < 4.78 is 0. The second-order valence-electron chi connectivity index (χ2n) is 7.15. The van der Waals surface area contributed by atoms with E-state index < -0.39 is 24.0 Å². The average molecular weight is 386 g/mol. The molecular weight excluding hydrogens is 360 g/mol. The van der Waals surface area contributed by atoms with Crippen LogP contribution in [0.1, 0.15) is 37.0 Å². The van der Waals surface area contributed by atoms with Gasteiger partial charge < -0.3 is 15.5 Å². The number of benzene rings is 2. The van der Waals surface area contributed by atoms with Crippen molar-refractivity contribution >= 4 is 28.6 Å². The first-order chi connectivity index (χ1) is 13.3. The maximum absolute atomic E-state index is 12.5. The molecule has 150 valence electrons. The lowest BCUT2D eigenvalue weighted by molar-refractivity contribution is -0.143. The van der Waals surface area contributed by atoms with Gasteiger partial charge in [-0.15, -0.1) is 0 Å². The SMILES string of the molecule is CC(C)C[C@H](NC(CCNC(=O)c1cccc2ccccc12)C(=O)O)C(=O)O. The van der Waals surface area contributed by atoms with E-state index >= 15 is 0 Å². The lowest BCUT2D eigenvalue weighted by Crippen LogP contribution is -2.49. The summed E-state index contributed by atoms with van der Waals surface area (Å²) in [6.07, 6.45) is 0.398. The first-order valence-corrected chi connectivity index (χ1v) is 9.27. The molecule has 0 aliphatic carbocycles. The van der Waals surface area contributed by atoms with Crippen molar-refractivity contribution in [3.05, 3.63) is 48.0 Å². The van der Waals surface area contributed by atoms with Gasteiger partial charge in [0.05, 0.1) is 0 Å². The lowest BCUT2D eigenvalue weighted by Gasteiger charge is -2.21. The van der Waals surface area contributed by atoms with Crippen LogP contribution < -0.4 is 10.6 Å². The lowest BCUT2D eigenvalue weighted by atomic mass is 10.0. The Hall–Kier alpha value is -2.93. The Labute approximate surface area is 163 Å². The fraction of sp³-hybridized carbons (Fsp3) is 0.381. The Bertz CT molecular complexity index is 844. The molecule has 28 heavy (non-hydrogen) atoms. The molecule has 0 aliphatic rings. The highest BCUT2D eigenvalue weighted by atomic mass is 16.4. The third-order valence-corrected chi connectivity index (χ3v) is 4.46. The molecule has 2 aromatic rings. The number of carbonyl (C=O) groups is 3. The minimum absolute atomic E-state index is 0.0771. The third kappa shape index (κ3) is 5.79. The van der Waals surface area contributed by atoms with Crippen LogP contribution in [-0.2, 0) is 9.59 Å². The summed E-state index contributed by atoms with van der Waals surface area (Å²) in [6.45, 7) is 3.86. The first-order valence-electron chi connectivity index (χ1n) is 9.27. The number of carbonyl (C=O) groups excluding carboxylic acids is 1. The summed E-state index contributed by atoms with van der Waals surface area (Å²) in [5, 5.41) is 25.9. The Morgan fingerprint density at radius 3 is 2.21 bits per heavy atom. The maximum Gasteiger partial charge on any atom is 0.320 e. The van der Waals surface area contributed by atoms with Gasteiger partial charge in [-0.2, -0.15) is 0 Å². The number of amides is 1. The predicted molar refractivity (Wildman–Crippen MR) is 106 cm³/mol. The molecular formula is C21H26N2O5. The quantitative estimate of drug-likeness (QED) is 0.499. The average Bonchev–Trinajstić information content (AvgIpc) is 2.65. The maximum atomic E-state index is 12.5. The monoisotopic (exact) mass is 386 g/mol. The predicted octanol–water partition coefficient (Wildman–Crippen LogP) is 2.50. The van der Waals surface area contributed by atoms with E-state index in [1.54, 1.807) is 12.1 Å². The summed E-state index contributed by atoms with van der Waals surface area (Å²) in [5.41, 5.74) is 0.515. The standard InChI is InChI=1S/C21H26N2O5/c1-13(2)12-18(21(27)28)23-17(20(25)26)10-11-22-19(24)16-9-5-7-14-6-3-4-8-15(14)16/h3-9,13,17-18,23H,10-12H2,1-2H3,(H,22,24)(H,25,26)(H,27,28)/t17?,18-/m0/s1. The molecule has 7 nitrogen and oxygen atoms in total. The highest BCUT2D eigenvalue weighted by molar-refractivity contribution is 6.07. The van der Waals surface area contributed by atoms with E-state index in [1.165, 1.54) is 0 Å². The van der Waals surface area contributed by atoms with Gasteiger partial charge in [-0.25, -0.2) is 0 Å². The largest absolute Gasteiger partial charge is 0.480 e. The topological polar surface area (TPSA) is 116 Å². The Kier molecular flexibility index (Phi) is 7.52. The molecule has 0 bridgehead atoms. The minimum atomic E-state index is -1.14. The third-order valence-electron chi connectivity index (χ3n) is 4.46. The van der Waals surface area contributed by atoms with E-state index in [9.17, 15) is 24.6 Å². The van der Waals surface area contributed by atoms with Crippen LogP contribution in [0.4, 0.5) is 0 Å². The van der Waals surface area contributed by atoms with Crippen molar-refractivity contribution in [1.82, 2.24) is 10.6 Å². The van der Waals surface area contributed by atoms with Crippen molar-refractivity contribution in [3.63, 3.8) is 0 Å². The van der Waals surface area contributed by atoms with Gasteiger partial charge in [0.15, 0.2) is 0 Å². The molecule has 1 unspecified atom stereocenters. The second kappa shape index (κ2) is 9.85. The zero-order valence-corrected chi connectivity index (χ0v) is 16.0. The highest BCUT2D eigenvalue weighted by Crippen LogP contribution is 2.18. The molecule has 0 spiro atoms. The number of hydrogen-bond donors (Lipinski definition) is 4. The van der Waals surface area contributed by atoms with E-state index in [2.05, 4.69) is 10.6 Å². The summed E-state index contributed by atoms with van der Waals surface area (Å²) in [6, 6.07) is 10.9. The van der Waals surface area contributed by atoms with Gasteiger partial charge in [0, 0.05) is 12.1 Å². The summed E-state index contributed by atoms with van der Waals surface area (Å²) in [4.78, 5) is 35.4. The normalized spacial score (nSPS) is 13.2. The number of nitrogens with one attached hydrogen (secondary N) is 2. The van der Waals surface area contributed by atoms with Gasteiger partial charge >= 0.3 is 11.9 Å². The molecule has 4 N–H and O–H groups in total. The molecule has 0 fully saturated rings. The zero-order chi connectivity index (χ0) is 20.7. The number of aliphatic carboxylic acids is 2. The summed E-state index contributed by atoms with van der Waals surface area (Å²) in [7, 11) is 0. The van der Waals surface area contributed by atoms with Gasteiger partial charge in [0.1, 0.15) is 12.1 Å². The van der Waals surface area contributed by atoms with Gasteiger partial charge in [-0.1, -0.05) is 50.2 Å². The van der Waals surface area contributed by atoms with Crippen LogP contribution in [0.25, 0.3) is 10.8 Å². The van der Waals surface area contributed by atoms with E-state index in [1.807, 2.05) is 44.2 Å². The van der Waals surface area contributed by atoms with Crippen LogP contribution in [0, 0.1) is 5.92 Å². The Morgan fingerprint density at radius 1 is 0.929 bits per heavy atom. The Morgan fingerprint density at radius 2 is 1.57 bits per heavy atom. The van der Waals surface area contributed by atoms with E-state index in [-0.39, 0.29) is 24.8 Å². The molecule has 1 amide bonds. The van der Waals surface area contributed by atoms with Crippen LogP contribution in [0.5, 0.6) is 0 Å². The molecule has 2 aromatic carbocycles. The summed E-state index contributed by atoms with van der Waals surface area (Å²) >= 11 is 0. The molecule has 0 radical (unpaired) electrons. The fourth-order valence-corrected chi connectivity index (χ4v) is 3.08. The van der Waals surface area contributed by atoms with Crippen LogP contribution in [0.2, 0.25) is 0 Å². The number of carboxylic acids is 2. The van der Waals surface area contributed by atoms with Crippen molar-refractivity contribution < 1.29 is 24.6 Å². The van der Waals surface area contributed by atoms with Crippen molar-refractivity contribution in [2.24, 2.45) is 5.92 Å². The van der Waals surface area contributed by atoms with Gasteiger partial charge in [0.2, 0.25) is 0 Å². The molecule has 0 aromatic heterocycles. The number of rotatable bonds is 10.